The molecule has 1 atom stereocenters. The van der Waals surface area contributed by atoms with Gasteiger partial charge in [0, 0.05) is 0 Å². The van der Waals surface area contributed by atoms with E-state index in [1.54, 1.807) is 0 Å². The smallest absolute Gasteiger partial charge is 0.246 e. The molecule has 43 valence electrons. The molecule has 5 nitrogen and oxygen atoms in total. The quantitative estimate of drug-likeness (QED) is 0.506. The standard InChI is InChI=1S/C3H5N4O/c1-3(8)7-5-2-4-6-7/h3,8H,1H3. The van der Waals surface area contributed by atoms with Gasteiger partial charge in [-0.15, -0.1) is 15.0 Å². The molecule has 5 heteroatoms. The van der Waals surface area contributed by atoms with Crippen molar-refractivity contribution in [2.45, 2.75) is 13.2 Å². The molecule has 1 radical (unpaired) electrons. The maximum atomic E-state index is 8.69. The molecule has 0 bridgehead atoms. The first-order valence-electron chi connectivity index (χ1n) is 2.14. The fourth-order valence-corrected chi connectivity index (χ4v) is 0.310. The first kappa shape index (κ1) is 5.17. The lowest BCUT2D eigenvalue weighted by atomic mass is 10.7. The SMILES string of the molecule is CC(O)n1n[c]nn1. The molecule has 0 saturated carbocycles. The van der Waals surface area contributed by atoms with Crippen LogP contribution in [-0.4, -0.2) is 25.3 Å². The van der Waals surface area contributed by atoms with E-state index in [9.17, 15) is 0 Å². The fourth-order valence-electron chi connectivity index (χ4n) is 0.310. The van der Waals surface area contributed by atoms with E-state index in [0.717, 1.165) is 4.80 Å². The summed E-state index contributed by atoms with van der Waals surface area (Å²) in [6, 6.07) is 0. The van der Waals surface area contributed by atoms with E-state index in [1.807, 2.05) is 0 Å². The van der Waals surface area contributed by atoms with Crippen LogP contribution in [0.4, 0.5) is 0 Å². The van der Waals surface area contributed by atoms with Gasteiger partial charge in [0.05, 0.1) is 0 Å². The predicted molar refractivity (Wildman–Crippen MR) is 23.6 cm³/mol. The van der Waals surface area contributed by atoms with Crippen LogP contribution < -0.4 is 0 Å². The highest BCUT2D eigenvalue weighted by Gasteiger charge is 1.97. The van der Waals surface area contributed by atoms with Gasteiger partial charge in [-0.25, -0.2) is 0 Å². The van der Waals surface area contributed by atoms with Gasteiger partial charge in [0.15, 0.2) is 6.23 Å². The van der Waals surface area contributed by atoms with Crippen LogP contribution in [0.25, 0.3) is 0 Å². The van der Waals surface area contributed by atoms with Crippen LogP contribution in [0, 0.1) is 6.33 Å². The molecular weight excluding hydrogens is 108 g/mol. The van der Waals surface area contributed by atoms with E-state index in [2.05, 4.69) is 21.7 Å². The lowest BCUT2D eigenvalue weighted by molar-refractivity contribution is 0.0928. The molecule has 0 spiro atoms. The van der Waals surface area contributed by atoms with Crippen molar-refractivity contribution in [3.05, 3.63) is 6.33 Å². The van der Waals surface area contributed by atoms with Crippen molar-refractivity contribution in [3.63, 3.8) is 0 Å². The molecule has 0 aromatic carbocycles. The van der Waals surface area contributed by atoms with E-state index in [4.69, 9.17) is 5.11 Å². The van der Waals surface area contributed by atoms with Crippen molar-refractivity contribution >= 4 is 0 Å². The number of rotatable bonds is 1. The highest BCUT2D eigenvalue weighted by atomic mass is 16.3. The van der Waals surface area contributed by atoms with Crippen molar-refractivity contribution in [3.8, 4) is 0 Å². The molecule has 1 rings (SSSR count). The Morgan fingerprint density at radius 1 is 1.75 bits per heavy atom. The Morgan fingerprint density at radius 3 is 2.75 bits per heavy atom. The number of aromatic nitrogens is 4. The summed E-state index contributed by atoms with van der Waals surface area (Å²) in [6.45, 7) is 1.54. The molecule has 0 aliphatic carbocycles. The van der Waals surface area contributed by atoms with Crippen molar-refractivity contribution < 1.29 is 5.11 Å². The fraction of sp³-hybridized carbons (Fsp3) is 0.667. The Morgan fingerprint density at radius 2 is 2.50 bits per heavy atom. The Hall–Kier alpha value is -0.970. The third-order valence-electron chi connectivity index (χ3n) is 0.662. The molecule has 8 heavy (non-hydrogen) atoms. The normalized spacial score (nSPS) is 13.8. The second-order valence-corrected chi connectivity index (χ2v) is 1.34. The number of hydrogen-bond donors (Lipinski definition) is 1. The van der Waals surface area contributed by atoms with Crippen molar-refractivity contribution in [2.24, 2.45) is 0 Å². The second kappa shape index (κ2) is 1.87. The summed E-state index contributed by atoms with van der Waals surface area (Å²) in [5, 5.41) is 18.8. The molecule has 0 fully saturated rings. The topological polar surface area (TPSA) is 63.8 Å². The van der Waals surface area contributed by atoms with Gasteiger partial charge < -0.3 is 5.11 Å². The molecule has 0 aliphatic rings. The molecule has 1 unspecified atom stereocenters. The zero-order chi connectivity index (χ0) is 5.98. The Kier molecular flexibility index (Phi) is 1.21. The average Bonchev–Trinajstić information content (AvgIpc) is 2.12. The molecule has 1 N–H and O–H groups in total. The highest BCUT2D eigenvalue weighted by Crippen LogP contribution is 1.88. The summed E-state index contributed by atoms with van der Waals surface area (Å²) < 4.78 is 0. The van der Waals surface area contributed by atoms with Gasteiger partial charge in [-0.1, -0.05) is 0 Å². The lowest BCUT2D eigenvalue weighted by Gasteiger charge is -1.96. The van der Waals surface area contributed by atoms with Crippen LogP contribution in [0.2, 0.25) is 0 Å². The molecule has 0 saturated heterocycles. The highest BCUT2D eigenvalue weighted by molar-refractivity contribution is 4.36. The van der Waals surface area contributed by atoms with Crippen LogP contribution in [0.15, 0.2) is 0 Å². The van der Waals surface area contributed by atoms with E-state index < -0.39 is 6.23 Å². The van der Waals surface area contributed by atoms with Crippen molar-refractivity contribution in [1.82, 2.24) is 20.2 Å². The van der Waals surface area contributed by atoms with Crippen LogP contribution in [-0.2, 0) is 0 Å². The number of aliphatic hydroxyl groups is 1. The Labute approximate surface area is 45.9 Å². The summed E-state index contributed by atoms with van der Waals surface area (Å²) in [5.41, 5.74) is 0. The third-order valence-corrected chi connectivity index (χ3v) is 0.662. The predicted octanol–water partition coefficient (Wildman–Crippen LogP) is -1.02. The van der Waals surface area contributed by atoms with Crippen molar-refractivity contribution in [1.29, 1.82) is 0 Å². The van der Waals surface area contributed by atoms with E-state index in [1.165, 1.54) is 6.92 Å². The summed E-state index contributed by atoms with van der Waals surface area (Å²) >= 11 is 0. The zero-order valence-corrected chi connectivity index (χ0v) is 4.31. The van der Waals surface area contributed by atoms with E-state index in [0.29, 0.717) is 0 Å². The average molecular weight is 113 g/mol. The first-order chi connectivity index (χ1) is 3.80. The second-order valence-electron chi connectivity index (χ2n) is 1.34. The van der Waals surface area contributed by atoms with Gasteiger partial charge in [0.1, 0.15) is 0 Å². The van der Waals surface area contributed by atoms with Crippen molar-refractivity contribution in [2.75, 3.05) is 0 Å². The van der Waals surface area contributed by atoms with E-state index >= 15 is 0 Å². The van der Waals surface area contributed by atoms with Gasteiger partial charge in [-0.2, -0.15) is 0 Å². The Bertz CT molecular complexity index is 146. The summed E-state index contributed by atoms with van der Waals surface area (Å²) in [5.74, 6) is 0. The molecule has 0 aliphatic heterocycles. The Balaban J connectivity index is 2.77. The molecule has 1 heterocycles. The zero-order valence-electron chi connectivity index (χ0n) is 4.31. The number of nitrogens with zero attached hydrogens (tertiary/aromatic N) is 4. The van der Waals surface area contributed by atoms with Gasteiger partial charge >= 0.3 is 0 Å². The maximum absolute atomic E-state index is 8.69. The van der Waals surface area contributed by atoms with Gasteiger partial charge in [-0.05, 0) is 12.1 Å². The number of aliphatic hydroxyl groups excluding tert-OH is 1. The van der Waals surface area contributed by atoms with Crippen LogP contribution in [0.1, 0.15) is 13.2 Å². The minimum atomic E-state index is -0.714. The van der Waals surface area contributed by atoms with E-state index in [-0.39, 0.29) is 0 Å². The minimum absolute atomic E-state index is 0.714. The summed E-state index contributed by atoms with van der Waals surface area (Å²) in [4.78, 5) is 1.06. The largest absolute Gasteiger partial charge is 0.370 e. The minimum Gasteiger partial charge on any atom is -0.370 e. The molecule has 1 aromatic heterocycles. The summed E-state index contributed by atoms with van der Waals surface area (Å²) in [7, 11) is 0. The maximum Gasteiger partial charge on any atom is 0.246 e. The monoisotopic (exact) mass is 113 g/mol. The van der Waals surface area contributed by atoms with Crippen LogP contribution in [0.3, 0.4) is 0 Å². The van der Waals surface area contributed by atoms with Crippen LogP contribution >= 0.6 is 0 Å². The third kappa shape index (κ3) is 0.812. The lowest BCUT2D eigenvalue weighted by Crippen LogP contribution is -2.07. The molecule has 1 aromatic rings. The molecular formula is C3H5N4O. The van der Waals surface area contributed by atoms with Gasteiger partial charge in [-0.3, -0.25) is 0 Å². The number of tetrazole rings is 1. The van der Waals surface area contributed by atoms with Crippen LogP contribution in [0.5, 0.6) is 0 Å². The summed E-state index contributed by atoms with van der Waals surface area (Å²) in [6.07, 6.45) is 1.49. The van der Waals surface area contributed by atoms with Gasteiger partial charge in [0.25, 0.3) is 0 Å². The molecule has 0 amide bonds. The van der Waals surface area contributed by atoms with Gasteiger partial charge in [0.2, 0.25) is 6.33 Å². The first-order valence-corrected chi connectivity index (χ1v) is 2.14. The number of hydrogen-bond acceptors (Lipinski definition) is 4.